The van der Waals surface area contributed by atoms with Crippen molar-refractivity contribution in [1.82, 2.24) is 9.97 Å². The highest BCUT2D eigenvalue weighted by Gasteiger charge is 2.10. The number of rotatable bonds is 5. The van der Waals surface area contributed by atoms with E-state index in [2.05, 4.69) is 27.2 Å². The summed E-state index contributed by atoms with van der Waals surface area (Å²) >= 11 is 5.93. The van der Waals surface area contributed by atoms with E-state index in [1.807, 2.05) is 6.07 Å². The van der Waals surface area contributed by atoms with Gasteiger partial charge >= 0.3 is 6.03 Å². The molecular weight excluding hydrogens is 318 g/mol. The number of nitriles is 1. The van der Waals surface area contributed by atoms with Crippen LogP contribution in [0.5, 0.6) is 5.75 Å². The van der Waals surface area contributed by atoms with Crippen LogP contribution in [0.15, 0.2) is 43.2 Å². The number of amides is 2. The second-order valence-corrected chi connectivity index (χ2v) is 4.65. The SMILES string of the molecule is C=CCOc1ccc(Cl)cc1NC(=O)Nc1cnc(C#N)cn1. The van der Waals surface area contributed by atoms with Crippen molar-refractivity contribution in [2.45, 2.75) is 0 Å². The summed E-state index contributed by atoms with van der Waals surface area (Å²) in [5, 5.41) is 14.2. The molecule has 0 aliphatic heterocycles. The summed E-state index contributed by atoms with van der Waals surface area (Å²) in [5.74, 6) is 0.660. The highest BCUT2D eigenvalue weighted by Crippen LogP contribution is 2.28. The molecule has 0 atom stereocenters. The molecule has 0 radical (unpaired) electrons. The van der Waals surface area contributed by atoms with E-state index in [0.29, 0.717) is 23.1 Å². The van der Waals surface area contributed by atoms with Gasteiger partial charge in [-0.15, -0.1) is 0 Å². The van der Waals surface area contributed by atoms with Gasteiger partial charge in [-0.1, -0.05) is 24.3 Å². The summed E-state index contributed by atoms with van der Waals surface area (Å²) < 4.78 is 5.44. The molecule has 0 aliphatic carbocycles. The molecule has 2 rings (SSSR count). The number of aromatic nitrogens is 2. The van der Waals surface area contributed by atoms with E-state index in [9.17, 15) is 4.79 Å². The predicted molar refractivity (Wildman–Crippen MR) is 86.5 cm³/mol. The molecule has 0 aliphatic rings. The molecule has 0 saturated carbocycles. The second-order valence-electron chi connectivity index (χ2n) is 4.22. The number of hydrogen-bond donors (Lipinski definition) is 2. The monoisotopic (exact) mass is 329 g/mol. The lowest BCUT2D eigenvalue weighted by atomic mass is 10.3. The van der Waals surface area contributed by atoms with Crippen LogP contribution >= 0.6 is 11.6 Å². The first kappa shape index (κ1) is 16.3. The van der Waals surface area contributed by atoms with Crippen LogP contribution in [0.2, 0.25) is 5.02 Å². The number of ether oxygens (including phenoxy) is 1. The summed E-state index contributed by atoms with van der Waals surface area (Å²) in [5.41, 5.74) is 0.560. The van der Waals surface area contributed by atoms with Crippen molar-refractivity contribution in [1.29, 1.82) is 5.26 Å². The molecule has 0 saturated heterocycles. The van der Waals surface area contributed by atoms with Crippen molar-refractivity contribution < 1.29 is 9.53 Å². The van der Waals surface area contributed by atoms with Gasteiger partial charge in [-0.2, -0.15) is 5.26 Å². The minimum atomic E-state index is -0.547. The summed E-state index contributed by atoms with van der Waals surface area (Å²) in [6.45, 7) is 3.86. The molecule has 116 valence electrons. The van der Waals surface area contributed by atoms with E-state index >= 15 is 0 Å². The Kier molecular flexibility index (Phi) is 5.50. The summed E-state index contributed by atoms with van der Waals surface area (Å²) in [6, 6.07) is 6.14. The van der Waals surface area contributed by atoms with Gasteiger partial charge in [-0.25, -0.2) is 14.8 Å². The Bertz CT molecular complexity index is 755. The van der Waals surface area contributed by atoms with Crippen molar-refractivity contribution in [3.63, 3.8) is 0 Å². The first-order valence-electron chi connectivity index (χ1n) is 6.46. The molecule has 23 heavy (non-hydrogen) atoms. The smallest absolute Gasteiger partial charge is 0.325 e. The zero-order chi connectivity index (χ0) is 16.7. The number of anilines is 2. The Balaban J connectivity index is 2.08. The van der Waals surface area contributed by atoms with Gasteiger partial charge in [-0.05, 0) is 18.2 Å². The minimum absolute atomic E-state index is 0.158. The molecule has 7 nitrogen and oxygen atoms in total. The number of nitrogens with one attached hydrogen (secondary N) is 2. The van der Waals surface area contributed by atoms with Gasteiger partial charge in [0.15, 0.2) is 11.5 Å². The largest absolute Gasteiger partial charge is 0.487 e. The average Bonchev–Trinajstić information content (AvgIpc) is 2.55. The number of urea groups is 1. The molecule has 2 N–H and O–H groups in total. The molecule has 0 unspecified atom stereocenters. The van der Waals surface area contributed by atoms with Crippen molar-refractivity contribution >= 4 is 29.1 Å². The molecule has 2 amide bonds. The summed E-state index contributed by atoms with van der Waals surface area (Å²) in [7, 11) is 0. The zero-order valence-corrected chi connectivity index (χ0v) is 12.7. The van der Waals surface area contributed by atoms with Gasteiger partial charge in [0, 0.05) is 5.02 Å². The van der Waals surface area contributed by atoms with Crippen molar-refractivity contribution in [3.8, 4) is 11.8 Å². The van der Waals surface area contributed by atoms with E-state index in [4.69, 9.17) is 21.6 Å². The predicted octanol–water partition coefficient (Wildman–Crippen LogP) is 3.21. The Morgan fingerprint density at radius 2 is 2.22 bits per heavy atom. The minimum Gasteiger partial charge on any atom is -0.487 e. The lowest BCUT2D eigenvalue weighted by Crippen LogP contribution is -2.20. The quantitative estimate of drug-likeness (QED) is 0.820. The number of hydrogen-bond acceptors (Lipinski definition) is 5. The van der Waals surface area contributed by atoms with Crippen LogP contribution in [0.1, 0.15) is 5.69 Å². The number of nitrogens with zero attached hydrogens (tertiary/aromatic N) is 3. The van der Waals surface area contributed by atoms with Gasteiger partial charge in [0.1, 0.15) is 18.4 Å². The average molecular weight is 330 g/mol. The topological polar surface area (TPSA) is 99.9 Å². The van der Waals surface area contributed by atoms with Crippen LogP contribution in [-0.2, 0) is 0 Å². The van der Waals surface area contributed by atoms with Gasteiger partial charge in [0.05, 0.1) is 18.1 Å². The Morgan fingerprint density at radius 1 is 1.39 bits per heavy atom. The highest BCUT2D eigenvalue weighted by atomic mass is 35.5. The second kappa shape index (κ2) is 7.77. The van der Waals surface area contributed by atoms with Crippen LogP contribution in [0.4, 0.5) is 16.3 Å². The maximum atomic E-state index is 12.0. The van der Waals surface area contributed by atoms with E-state index < -0.39 is 6.03 Å². The molecule has 2 aromatic rings. The van der Waals surface area contributed by atoms with Crippen LogP contribution in [0.3, 0.4) is 0 Å². The highest BCUT2D eigenvalue weighted by molar-refractivity contribution is 6.31. The number of carbonyl (C=O) groups is 1. The summed E-state index contributed by atoms with van der Waals surface area (Å²) in [6.07, 6.45) is 4.13. The van der Waals surface area contributed by atoms with Crippen LogP contribution < -0.4 is 15.4 Å². The van der Waals surface area contributed by atoms with E-state index in [-0.39, 0.29) is 11.5 Å². The third-order valence-electron chi connectivity index (χ3n) is 2.55. The molecule has 0 bridgehead atoms. The van der Waals surface area contributed by atoms with E-state index in [1.165, 1.54) is 12.4 Å². The fraction of sp³-hybridized carbons (Fsp3) is 0.0667. The van der Waals surface area contributed by atoms with Gasteiger partial charge in [-0.3, -0.25) is 5.32 Å². The van der Waals surface area contributed by atoms with Crippen LogP contribution in [-0.4, -0.2) is 22.6 Å². The maximum Gasteiger partial charge on any atom is 0.325 e. The first-order chi connectivity index (χ1) is 11.1. The van der Waals surface area contributed by atoms with Crippen molar-refractivity contribution in [2.24, 2.45) is 0 Å². The maximum absolute atomic E-state index is 12.0. The summed E-state index contributed by atoms with van der Waals surface area (Å²) in [4.78, 5) is 19.7. The third kappa shape index (κ3) is 4.69. The molecule has 8 heteroatoms. The van der Waals surface area contributed by atoms with Gasteiger partial charge in [0.25, 0.3) is 0 Å². The van der Waals surface area contributed by atoms with Crippen molar-refractivity contribution in [2.75, 3.05) is 17.2 Å². The molecule has 0 fully saturated rings. The van der Waals surface area contributed by atoms with E-state index in [0.717, 1.165) is 0 Å². The molecule has 1 aromatic carbocycles. The molecule has 1 aromatic heterocycles. The van der Waals surface area contributed by atoms with Crippen molar-refractivity contribution in [3.05, 3.63) is 54.0 Å². The third-order valence-corrected chi connectivity index (χ3v) is 2.79. The molecule has 0 spiro atoms. The van der Waals surface area contributed by atoms with Crippen LogP contribution in [0.25, 0.3) is 0 Å². The Labute approximate surface area is 137 Å². The number of halogens is 1. The number of carbonyl (C=O) groups excluding carboxylic acids is 1. The zero-order valence-electron chi connectivity index (χ0n) is 11.9. The van der Waals surface area contributed by atoms with Gasteiger partial charge in [0.2, 0.25) is 0 Å². The normalized spacial score (nSPS) is 9.57. The lowest BCUT2D eigenvalue weighted by molar-refractivity contribution is 0.262. The Morgan fingerprint density at radius 3 is 2.87 bits per heavy atom. The molecule has 1 heterocycles. The van der Waals surface area contributed by atoms with Gasteiger partial charge < -0.3 is 10.1 Å². The first-order valence-corrected chi connectivity index (χ1v) is 6.83. The van der Waals surface area contributed by atoms with E-state index in [1.54, 1.807) is 24.3 Å². The Hall–Kier alpha value is -3.11. The number of benzene rings is 1. The fourth-order valence-electron chi connectivity index (χ4n) is 1.59. The fourth-order valence-corrected chi connectivity index (χ4v) is 1.77. The van der Waals surface area contributed by atoms with Crippen LogP contribution in [0, 0.1) is 11.3 Å². The lowest BCUT2D eigenvalue weighted by Gasteiger charge is -2.12. The standard InChI is InChI=1S/C15H12ClN5O2/c1-2-5-23-13-4-3-10(16)6-12(13)20-15(22)21-14-9-18-11(7-17)8-19-14/h2-4,6,8-9H,1,5H2,(H2,19,20,21,22). The molecular formula is C15H12ClN5O2.